The summed E-state index contributed by atoms with van der Waals surface area (Å²) >= 11 is 0. The van der Waals surface area contributed by atoms with E-state index in [4.69, 9.17) is 10.7 Å². The van der Waals surface area contributed by atoms with Gasteiger partial charge in [-0.3, -0.25) is 9.88 Å². The molecular weight excluding hydrogens is 522 g/mol. The van der Waals surface area contributed by atoms with Gasteiger partial charge in [-0.2, -0.15) is 0 Å². The molecule has 1 aliphatic rings. The lowest BCUT2D eigenvalue weighted by atomic mass is 9.96. The number of likely N-dealkylation sites (tertiary alicyclic amines) is 1. The van der Waals surface area contributed by atoms with Crippen LogP contribution in [0.4, 0.5) is 5.95 Å². The van der Waals surface area contributed by atoms with Crippen LogP contribution in [0.1, 0.15) is 44.1 Å². The van der Waals surface area contributed by atoms with Crippen molar-refractivity contribution in [3.05, 3.63) is 84.4 Å². The molecule has 0 radical (unpaired) electrons. The summed E-state index contributed by atoms with van der Waals surface area (Å²) in [6.07, 6.45) is 3.82. The molecule has 2 aromatic carbocycles. The second kappa shape index (κ2) is 10.5. The van der Waals surface area contributed by atoms with Crippen molar-refractivity contribution in [3.63, 3.8) is 0 Å². The molecule has 4 heterocycles. The molecule has 0 saturated carbocycles. The maximum absolute atomic E-state index is 13.1. The van der Waals surface area contributed by atoms with Crippen LogP contribution in [-0.2, 0) is 16.6 Å². The number of nitrogen functional groups attached to an aromatic ring is 1. The van der Waals surface area contributed by atoms with Gasteiger partial charge in [0.1, 0.15) is 5.82 Å². The van der Waals surface area contributed by atoms with Crippen molar-refractivity contribution >= 4 is 27.0 Å². The highest BCUT2D eigenvalue weighted by Gasteiger charge is 2.27. The summed E-state index contributed by atoms with van der Waals surface area (Å²) in [6, 6.07) is 21.7. The molecule has 1 fully saturated rings. The third-order valence-electron chi connectivity index (χ3n) is 7.63. The van der Waals surface area contributed by atoms with Gasteiger partial charge < -0.3 is 10.7 Å². The summed E-state index contributed by atoms with van der Waals surface area (Å²) in [7, 11) is -3.70. The lowest BCUT2D eigenvalue weighted by Crippen LogP contribution is -2.33. The molecule has 1 saturated heterocycles. The summed E-state index contributed by atoms with van der Waals surface area (Å²) in [5.41, 5.74) is 11.7. The molecule has 206 valence electrons. The van der Waals surface area contributed by atoms with E-state index in [0.29, 0.717) is 17.0 Å². The molecule has 3 aromatic heterocycles. The topological polar surface area (TPSA) is 123 Å². The van der Waals surface area contributed by atoms with Crippen LogP contribution in [0.15, 0.2) is 72.9 Å². The summed E-state index contributed by atoms with van der Waals surface area (Å²) < 4.78 is 27.4. The van der Waals surface area contributed by atoms with Gasteiger partial charge in [-0.05, 0) is 64.0 Å². The van der Waals surface area contributed by atoms with E-state index in [2.05, 4.69) is 38.1 Å². The number of H-pyrrole nitrogens is 1. The van der Waals surface area contributed by atoms with E-state index in [1.807, 2.05) is 54.7 Å². The van der Waals surface area contributed by atoms with E-state index in [-0.39, 0.29) is 5.95 Å². The van der Waals surface area contributed by atoms with Gasteiger partial charge in [0.15, 0.2) is 0 Å². The van der Waals surface area contributed by atoms with Crippen LogP contribution in [0.3, 0.4) is 0 Å². The minimum absolute atomic E-state index is 0.0377. The normalized spacial score (nSPS) is 15.3. The van der Waals surface area contributed by atoms with Crippen molar-refractivity contribution in [2.75, 3.05) is 18.8 Å². The van der Waals surface area contributed by atoms with E-state index in [1.165, 1.54) is 0 Å². The summed E-state index contributed by atoms with van der Waals surface area (Å²) in [5, 5.41) is -0.642. The number of aromatic nitrogens is 5. The van der Waals surface area contributed by atoms with Crippen LogP contribution >= 0.6 is 0 Å². The fourth-order valence-electron chi connectivity index (χ4n) is 5.39. The highest BCUT2D eigenvalue weighted by molar-refractivity contribution is 7.90. The smallest absolute Gasteiger partial charge is 0.244 e. The Hall–Kier alpha value is -4.02. The molecule has 5 aromatic rings. The monoisotopic (exact) mass is 555 g/mol. The second-order valence-corrected chi connectivity index (χ2v) is 13.0. The molecular formula is C30H33N7O2S. The Morgan fingerprint density at radius 1 is 0.975 bits per heavy atom. The van der Waals surface area contributed by atoms with Crippen molar-refractivity contribution in [1.29, 1.82) is 0 Å². The maximum atomic E-state index is 13.1. The van der Waals surface area contributed by atoms with Crippen molar-refractivity contribution in [2.24, 2.45) is 0 Å². The van der Waals surface area contributed by atoms with Gasteiger partial charge in [-0.1, -0.05) is 42.5 Å². The molecule has 0 aliphatic carbocycles. The number of hydrogen-bond donors (Lipinski definition) is 2. The maximum Gasteiger partial charge on any atom is 0.244 e. The van der Waals surface area contributed by atoms with Crippen LogP contribution in [0.5, 0.6) is 0 Å². The predicted octanol–water partition coefficient (Wildman–Crippen LogP) is 5.04. The summed E-state index contributed by atoms with van der Waals surface area (Å²) in [4.78, 5) is 20.0. The van der Waals surface area contributed by atoms with Crippen molar-refractivity contribution in [1.82, 2.24) is 28.8 Å². The molecule has 0 bridgehead atoms. The third-order valence-corrected chi connectivity index (χ3v) is 9.72. The highest BCUT2D eigenvalue weighted by atomic mass is 32.2. The van der Waals surface area contributed by atoms with Gasteiger partial charge in [0.2, 0.25) is 16.0 Å². The Morgan fingerprint density at radius 3 is 2.42 bits per heavy atom. The first kappa shape index (κ1) is 26.2. The average molecular weight is 556 g/mol. The number of rotatable bonds is 7. The third kappa shape index (κ3) is 4.89. The van der Waals surface area contributed by atoms with Gasteiger partial charge in [0.25, 0.3) is 0 Å². The van der Waals surface area contributed by atoms with Gasteiger partial charge in [-0.25, -0.2) is 22.4 Å². The number of aromatic amines is 1. The number of anilines is 1. The fourth-order valence-corrected chi connectivity index (χ4v) is 6.53. The van der Waals surface area contributed by atoms with E-state index in [1.54, 1.807) is 13.8 Å². The number of piperidine rings is 1. The number of benzene rings is 2. The van der Waals surface area contributed by atoms with E-state index in [9.17, 15) is 8.42 Å². The second-order valence-electron chi connectivity index (χ2n) is 10.6. The van der Waals surface area contributed by atoms with Crippen molar-refractivity contribution in [2.45, 2.75) is 44.4 Å². The van der Waals surface area contributed by atoms with Gasteiger partial charge >= 0.3 is 0 Å². The minimum Gasteiger partial charge on any atom is -0.368 e. The van der Waals surface area contributed by atoms with Gasteiger partial charge in [0.05, 0.1) is 33.4 Å². The predicted molar refractivity (Wildman–Crippen MR) is 158 cm³/mol. The molecule has 0 atom stereocenters. The standard InChI is InChI=1S/C30H33N7O2S/c1-20(2)40(38,39)37-26-18-23(11-12-25(26)33-30(37)31)28-27(21-8-4-3-5-9-21)34-29(35-28)22-13-16-36(17-14-22)19-24-10-6-7-15-32-24/h3-12,15,18,20,22H,13-14,16-17,19H2,1-2H3,(H2,31,33)(H,34,35). The molecule has 40 heavy (non-hydrogen) atoms. The van der Waals surface area contributed by atoms with E-state index in [0.717, 1.165) is 70.5 Å². The van der Waals surface area contributed by atoms with Crippen LogP contribution in [0.25, 0.3) is 33.5 Å². The van der Waals surface area contributed by atoms with Crippen LogP contribution < -0.4 is 5.73 Å². The molecule has 0 amide bonds. The largest absolute Gasteiger partial charge is 0.368 e. The van der Waals surface area contributed by atoms with Gasteiger partial charge in [0, 0.05) is 29.8 Å². The van der Waals surface area contributed by atoms with E-state index >= 15 is 0 Å². The Kier molecular flexibility index (Phi) is 6.89. The molecule has 0 unspecified atom stereocenters. The number of nitrogens with one attached hydrogen (secondary N) is 1. The lowest BCUT2D eigenvalue weighted by Gasteiger charge is -2.30. The lowest BCUT2D eigenvalue weighted by molar-refractivity contribution is 0.200. The quantitative estimate of drug-likeness (QED) is 0.289. The average Bonchev–Trinajstić information content (AvgIpc) is 3.55. The number of imidazole rings is 2. The molecule has 1 aliphatic heterocycles. The van der Waals surface area contributed by atoms with Crippen LogP contribution in [-0.4, -0.2) is 55.6 Å². The number of nitrogens with zero attached hydrogens (tertiary/aromatic N) is 5. The summed E-state index contributed by atoms with van der Waals surface area (Å²) in [5.74, 6) is 1.21. The molecule has 3 N–H and O–H groups in total. The van der Waals surface area contributed by atoms with E-state index < -0.39 is 15.3 Å². The zero-order valence-electron chi connectivity index (χ0n) is 22.7. The zero-order valence-corrected chi connectivity index (χ0v) is 23.5. The Morgan fingerprint density at radius 2 is 1.73 bits per heavy atom. The Labute approximate surface area is 234 Å². The summed E-state index contributed by atoms with van der Waals surface area (Å²) in [6.45, 7) is 6.06. The van der Waals surface area contributed by atoms with Crippen LogP contribution in [0.2, 0.25) is 0 Å². The first-order chi connectivity index (χ1) is 19.3. The Bertz CT molecular complexity index is 1740. The van der Waals surface area contributed by atoms with Crippen molar-refractivity contribution in [3.8, 4) is 22.5 Å². The van der Waals surface area contributed by atoms with Crippen LogP contribution in [0, 0.1) is 0 Å². The Balaban J connectivity index is 1.36. The highest BCUT2D eigenvalue weighted by Crippen LogP contribution is 2.36. The number of nitrogens with two attached hydrogens (primary N) is 1. The number of pyridine rings is 1. The number of hydrogen-bond acceptors (Lipinski definition) is 7. The van der Waals surface area contributed by atoms with Crippen molar-refractivity contribution < 1.29 is 8.42 Å². The minimum atomic E-state index is -3.70. The zero-order chi connectivity index (χ0) is 27.9. The molecule has 0 spiro atoms. The van der Waals surface area contributed by atoms with Gasteiger partial charge in [-0.15, -0.1) is 0 Å². The molecule has 9 nitrogen and oxygen atoms in total. The fraction of sp³-hybridized carbons (Fsp3) is 0.300. The number of fused-ring (bicyclic) bond motifs is 1. The first-order valence-electron chi connectivity index (χ1n) is 13.6. The molecule has 6 rings (SSSR count). The molecule has 10 heteroatoms. The SMILES string of the molecule is CC(C)S(=O)(=O)n1c(N)nc2ccc(-c3nc(C4CCN(Cc5ccccn5)CC4)[nH]c3-c3ccccc3)cc21. The first-order valence-corrected chi connectivity index (χ1v) is 15.1.